The molecular weight excluding hydrogens is 220 g/mol. The summed E-state index contributed by atoms with van der Waals surface area (Å²) in [4.78, 5) is 2.58. The van der Waals surface area contributed by atoms with Crippen LogP contribution in [0.1, 0.15) is 61.3 Å². The van der Waals surface area contributed by atoms with Gasteiger partial charge in [0, 0.05) is 31.7 Å². The van der Waals surface area contributed by atoms with E-state index in [0.717, 1.165) is 18.4 Å². The summed E-state index contributed by atoms with van der Waals surface area (Å²) < 4.78 is 0. The fourth-order valence-electron chi connectivity index (χ4n) is 2.17. The normalized spacial score (nSPS) is 14.2. The molecule has 0 amide bonds. The lowest BCUT2D eigenvalue weighted by atomic mass is 10.0. The van der Waals surface area contributed by atoms with Crippen molar-refractivity contribution in [1.82, 2.24) is 10.2 Å². The first-order chi connectivity index (χ1) is 8.32. The van der Waals surface area contributed by atoms with Crippen LogP contribution in [0.2, 0.25) is 0 Å². The predicted octanol–water partition coefficient (Wildman–Crippen LogP) is 3.77. The van der Waals surface area contributed by atoms with Crippen molar-refractivity contribution in [2.75, 3.05) is 19.6 Å². The molecule has 1 unspecified atom stereocenters. The SMILES string of the molecule is CC(C)CCC(C)NCCN(CC(C)C)C(C)C. The van der Waals surface area contributed by atoms with Crippen molar-refractivity contribution in [1.29, 1.82) is 0 Å². The van der Waals surface area contributed by atoms with Gasteiger partial charge in [-0.15, -0.1) is 0 Å². The first-order valence-corrected chi connectivity index (χ1v) is 7.80. The topological polar surface area (TPSA) is 15.3 Å². The zero-order valence-corrected chi connectivity index (χ0v) is 13.8. The molecule has 0 spiro atoms. The first kappa shape index (κ1) is 17.9. The van der Waals surface area contributed by atoms with Gasteiger partial charge in [0.1, 0.15) is 0 Å². The number of nitrogens with zero attached hydrogens (tertiary/aromatic N) is 1. The van der Waals surface area contributed by atoms with Gasteiger partial charge in [0.2, 0.25) is 0 Å². The van der Waals surface area contributed by atoms with Crippen LogP contribution in [-0.4, -0.2) is 36.6 Å². The molecule has 0 aliphatic carbocycles. The summed E-state index contributed by atoms with van der Waals surface area (Å²) in [5.41, 5.74) is 0. The van der Waals surface area contributed by atoms with Crippen LogP contribution in [0.3, 0.4) is 0 Å². The van der Waals surface area contributed by atoms with E-state index in [4.69, 9.17) is 0 Å². The Balaban J connectivity index is 3.77. The lowest BCUT2D eigenvalue weighted by Crippen LogP contribution is -2.41. The molecule has 0 aromatic heterocycles. The molecule has 0 radical (unpaired) electrons. The van der Waals surface area contributed by atoms with Crippen molar-refractivity contribution in [2.45, 2.75) is 73.4 Å². The molecule has 0 aliphatic heterocycles. The van der Waals surface area contributed by atoms with Crippen LogP contribution in [0.25, 0.3) is 0 Å². The highest BCUT2D eigenvalue weighted by Gasteiger charge is 2.11. The van der Waals surface area contributed by atoms with Crippen LogP contribution < -0.4 is 5.32 Å². The summed E-state index contributed by atoms with van der Waals surface area (Å²) in [6.45, 7) is 19.6. The van der Waals surface area contributed by atoms with E-state index >= 15 is 0 Å². The first-order valence-electron chi connectivity index (χ1n) is 7.80. The van der Waals surface area contributed by atoms with E-state index in [1.54, 1.807) is 0 Å². The zero-order chi connectivity index (χ0) is 14.1. The van der Waals surface area contributed by atoms with E-state index in [-0.39, 0.29) is 0 Å². The van der Waals surface area contributed by atoms with Crippen LogP contribution in [0.4, 0.5) is 0 Å². The molecule has 0 rings (SSSR count). The summed E-state index contributed by atoms with van der Waals surface area (Å²) in [5, 5.41) is 3.65. The van der Waals surface area contributed by atoms with Crippen molar-refractivity contribution < 1.29 is 0 Å². The summed E-state index contributed by atoms with van der Waals surface area (Å²) in [6, 6.07) is 1.31. The molecule has 0 saturated carbocycles. The Morgan fingerprint density at radius 2 is 1.44 bits per heavy atom. The minimum absolute atomic E-state index is 0.653. The van der Waals surface area contributed by atoms with Crippen molar-refractivity contribution in [2.24, 2.45) is 11.8 Å². The third kappa shape index (κ3) is 9.90. The van der Waals surface area contributed by atoms with E-state index in [0.29, 0.717) is 12.1 Å². The van der Waals surface area contributed by atoms with Gasteiger partial charge in [-0.25, -0.2) is 0 Å². The molecule has 18 heavy (non-hydrogen) atoms. The highest BCUT2D eigenvalue weighted by molar-refractivity contribution is 4.68. The number of rotatable bonds is 10. The van der Waals surface area contributed by atoms with Gasteiger partial charge in [0.05, 0.1) is 0 Å². The van der Waals surface area contributed by atoms with Gasteiger partial charge in [0.25, 0.3) is 0 Å². The van der Waals surface area contributed by atoms with E-state index in [1.807, 2.05) is 0 Å². The van der Waals surface area contributed by atoms with E-state index in [9.17, 15) is 0 Å². The summed E-state index contributed by atoms with van der Waals surface area (Å²) >= 11 is 0. The Morgan fingerprint density at radius 1 is 0.833 bits per heavy atom. The van der Waals surface area contributed by atoms with Crippen LogP contribution in [0.5, 0.6) is 0 Å². The monoisotopic (exact) mass is 256 g/mol. The van der Waals surface area contributed by atoms with Crippen LogP contribution >= 0.6 is 0 Å². The quantitative estimate of drug-likeness (QED) is 0.640. The Labute approximate surface area is 116 Å². The Morgan fingerprint density at radius 3 is 1.89 bits per heavy atom. The molecule has 0 heterocycles. The van der Waals surface area contributed by atoms with Gasteiger partial charge in [-0.05, 0) is 45.4 Å². The minimum Gasteiger partial charge on any atom is -0.313 e. The maximum Gasteiger partial charge on any atom is 0.0110 e. The van der Waals surface area contributed by atoms with Crippen molar-refractivity contribution >= 4 is 0 Å². The molecule has 0 saturated heterocycles. The van der Waals surface area contributed by atoms with Gasteiger partial charge < -0.3 is 5.32 Å². The molecule has 0 fully saturated rings. The van der Waals surface area contributed by atoms with Gasteiger partial charge >= 0.3 is 0 Å². The van der Waals surface area contributed by atoms with Crippen LogP contribution in [0, 0.1) is 11.8 Å². The number of nitrogens with one attached hydrogen (secondary N) is 1. The average Bonchev–Trinajstić information content (AvgIpc) is 2.24. The largest absolute Gasteiger partial charge is 0.313 e. The summed E-state index contributed by atoms with van der Waals surface area (Å²) in [6.07, 6.45) is 2.62. The lowest BCUT2D eigenvalue weighted by Gasteiger charge is -2.29. The molecule has 110 valence electrons. The minimum atomic E-state index is 0.653. The van der Waals surface area contributed by atoms with Crippen molar-refractivity contribution in [3.05, 3.63) is 0 Å². The van der Waals surface area contributed by atoms with Gasteiger partial charge in [-0.2, -0.15) is 0 Å². The highest BCUT2D eigenvalue weighted by Crippen LogP contribution is 2.07. The summed E-state index contributed by atoms with van der Waals surface area (Å²) in [7, 11) is 0. The van der Waals surface area contributed by atoms with Gasteiger partial charge in [-0.3, -0.25) is 4.90 Å². The summed E-state index contributed by atoms with van der Waals surface area (Å²) in [5.74, 6) is 1.58. The molecule has 1 atom stereocenters. The van der Waals surface area contributed by atoms with E-state index in [1.165, 1.54) is 25.9 Å². The third-order valence-electron chi connectivity index (χ3n) is 3.40. The third-order valence-corrected chi connectivity index (χ3v) is 3.40. The van der Waals surface area contributed by atoms with E-state index < -0.39 is 0 Å². The van der Waals surface area contributed by atoms with Crippen LogP contribution in [-0.2, 0) is 0 Å². The number of hydrogen-bond acceptors (Lipinski definition) is 2. The Bertz CT molecular complexity index is 188. The van der Waals surface area contributed by atoms with Gasteiger partial charge in [-0.1, -0.05) is 27.7 Å². The van der Waals surface area contributed by atoms with Crippen molar-refractivity contribution in [3.8, 4) is 0 Å². The van der Waals surface area contributed by atoms with E-state index in [2.05, 4.69) is 58.7 Å². The fraction of sp³-hybridized carbons (Fsp3) is 1.00. The molecular formula is C16H36N2. The predicted molar refractivity (Wildman–Crippen MR) is 83.1 cm³/mol. The smallest absolute Gasteiger partial charge is 0.0110 e. The second-order valence-corrected chi connectivity index (χ2v) is 6.81. The molecule has 1 N–H and O–H groups in total. The number of hydrogen-bond donors (Lipinski definition) is 1. The molecule has 2 nitrogen and oxygen atoms in total. The van der Waals surface area contributed by atoms with Gasteiger partial charge in [0.15, 0.2) is 0 Å². The molecule has 0 aromatic carbocycles. The lowest BCUT2D eigenvalue weighted by molar-refractivity contribution is 0.196. The standard InChI is InChI=1S/C16H36N2/c1-13(2)8-9-16(7)17-10-11-18(15(5)6)12-14(3)4/h13-17H,8-12H2,1-7H3. The van der Waals surface area contributed by atoms with Crippen LogP contribution in [0.15, 0.2) is 0 Å². The average molecular weight is 256 g/mol. The zero-order valence-electron chi connectivity index (χ0n) is 13.8. The maximum atomic E-state index is 3.65. The van der Waals surface area contributed by atoms with Crippen molar-refractivity contribution in [3.63, 3.8) is 0 Å². The second-order valence-electron chi connectivity index (χ2n) is 6.81. The highest BCUT2D eigenvalue weighted by atomic mass is 15.2. The Kier molecular flexibility index (Phi) is 9.76. The fourth-order valence-corrected chi connectivity index (χ4v) is 2.17. The molecule has 0 aromatic rings. The molecule has 0 bridgehead atoms. The molecule has 0 aliphatic rings. The second kappa shape index (κ2) is 9.80. The molecule has 2 heteroatoms. The maximum absolute atomic E-state index is 3.65. The Hall–Kier alpha value is -0.0800.